The molecule has 0 saturated carbocycles. The highest BCUT2D eigenvalue weighted by atomic mass is 32.2. The minimum atomic E-state index is -4.82. The van der Waals surface area contributed by atoms with Crippen LogP contribution in [-0.4, -0.2) is 60.7 Å². The van der Waals surface area contributed by atoms with Crippen molar-refractivity contribution in [2.24, 2.45) is 0 Å². The second-order valence-corrected chi connectivity index (χ2v) is 12.7. The van der Waals surface area contributed by atoms with Crippen LogP contribution in [-0.2, 0) is 33.8 Å². The molecule has 0 bridgehead atoms. The zero-order valence-electron chi connectivity index (χ0n) is 20.8. The van der Waals surface area contributed by atoms with Crippen LogP contribution < -0.4 is 5.32 Å². The molecule has 1 aromatic heterocycles. The van der Waals surface area contributed by atoms with E-state index in [0.717, 1.165) is 46.1 Å². The summed E-state index contributed by atoms with van der Waals surface area (Å²) >= 11 is 1.09. The van der Waals surface area contributed by atoms with Crippen molar-refractivity contribution in [1.82, 2.24) is 9.62 Å². The average Bonchev–Trinajstić information content (AvgIpc) is 3.20. The number of thiophene rings is 1. The first-order valence-electron chi connectivity index (χ1n) is 11.6. The van der Waals surface area contributed by atoms with E-state index in [-0.39, 0.29) is 30.2 Å². The Morgan fingerprint density at radius 3 is 2.41 bits per heavy atom. The number of β-amino-alcohol motifs (C(OH)–C–C–N with tert-alkyl or cyclic N) is 1. The largest absolute Gasteiger partial charge is 0.481 e. The molecule has 1 heterocycles. The van der Waals surface area contributed by atoms with Crippen molar-refractivity contribution < 1.29 is 41.0 Å². The molecule has 0 radical (unpaired) electrons. The van der Waals surface area contributed by atoms with Gasteiger partial charge in [-0.15, -0.1) is 11.3 Å². The van der Waals surface area contributed by atoms with Gasteiger partial charge in [0.05, 0.1) is 16.6 Å². The molecule has 37 heavy (non-hydrogen) atoms. The number of likely N-dealkylation sites (N-methyl/N-ethyl adjacent to an activating group) is 1. The Balaban J connectivity index is 2.01. The molecule has 2 aromatic rings. The van der Waals surface area contributed by atoms with Gasteiger partial charge >= 0.3 is 12.1 Å². The molecule has 0 saturated heterocycles. The van der Waals surface area contributed by atoms with E-state index in [1.54, 1.807) is 6.07 Å². The number of benzene rings is 1. The topological polar surface area (TPSA) is 107 Å². The van der Waals surface area contributed by atoms with E-state index in [1.807, 2.05) is 13.8 Å². The van der Waals surface area contributed by atoms with Gasteiger partial charge in [-0.25, -0.2) is 8.42 Å². The van der Waals surface area contributed by atoms with Gasteiger partial charge in [-0.05, 0) is 75.4 Å². The van der Waals surface area contributed by atoms with Crippen LogP contribution >= 0.6 is 11.3 Å². The Hall–Kier alpha value is -2.06. The van der Waals surface area contributed by atoms with Gasteiger partial charge in [-0.3, -0.25) is 4.79 Å². The highest BCUT2D eigenvalue weighted by Gasteiger charge is 2.34. The quantitative estimate of drug-likeness (QED) is 0.294. The van der Waals surface area contributed by atoms with E-state index in [1.165, 1.54) is 6.07 Å². The molecule has 0 spiro atoms. The maximum absolute atomic E-state index is 13.4. The number of hydrogen-bond acceptors (Lipinski definition) is 6. The summed E-state index contributed by atoms with van der Waals surface area (Å²) in [5, 5.41) is 22.2. The fraction of sp³-hybridized carbons (Fsp3) is 0.542. The lowest BCUT2D eigenvalue weighted by molar-refractivity contribution is -0.138. The van der Waals surface area contributed by atoms with Crippen molar-refractivity contribution in [2.45, 2.75) is 68.7 Å². The maximum Gasteiger partial charge on any atom is 0.416 e. The van der Waals surface area contributed by atoms with E-state index in [0.29, 0.717) is 18.9 Å². The third kappa shape index (κ3) is 9.97. The standard InChI is InChI=1S/C24H32F4N2O5S2/c1-23(2,10-4-5-19-7-8-21(25)36-19)29-14-18(31)15-30(3)37(34,35)20-12-16(6-9-22(32)33)11-17(13-20)24(26,27)28/h7-8,11-13,18,29,31H,4-6,9-10,14-15H2,1-3H3,(H,32,33). The summed E-state index contributed by atoms with van der Waals surface area (Å²) in [7, 11) is -3.25. The number of hydrogen-bond donors (Lipinski definition) is 3. The van der Waals surface area contributed by atoms with Crippen LogP contribution in [0.1, 0.15) is 49.1 Å². The molecular formula is C24H32F4N2O5S2. The van der Waals surface area contributed by atoms with Gasteiger partial charge in [0, 0.05) is 37.0 Å². The molecule has 0 aliphatic rings. The first-order valence-corrected chi connectivity index (χ1v) is 13.8. The molecule has 1 unspecified atom stereocenters. The van der Waals surface area contributed by atoms with Crippen LogP contribution in [0.4, 0.5) is 17.6 Å². The normalized spacial score (nSPS) is 13.8. The van der Waals surface area contributed by atoms with Gasteiger partial charge in [0.1, 0.15) is 0 Å². The van der Waals surface area contributed by atoms with Gasteiger partial charge in [-0.2, -0.15) is 21.9 Å². The Kier molecular flexibility index (Phi) is 10.7. The van der Waals surface area contributed by atoms with E-state index in [9.17, 15) is 35.9 Å². The van der Waals surface area contributed by atoms with Crippen LogP contribution in [0.3, 0.4) is 0 Å². The number of aliphatic carboxylic acids is 1. The second kappa shape index (κ2) is 12.7. The first kappa shape index (κ1) is 31.2. The molecule has 2 rings (SSSR count). The van der Waals surface area contributed by atoms with Crippen molar-refractivity contribution in [3.8, 4) is 0 Å². The summed E-state index contributed by atoms with van der Waals surface area (Å²) in [6.07, 6.45) is -4.53. The van der Waals surface area contributed by atoms with Crippen molar-refractivity contribution in [3.05, 3.63) is 51.5 Å². The van der Waals surface area contributed by atoms with Crippen LogP contribution in [0.25, 0.3) is 0 Å². The lowest BCUT2D eigenvalue weighted by Gasteiger charge is -2.29. The van der Waals surface area contributed by atoms with Crippen LogP contribution in [0.5, 0.6) is 0 Å². The zero-order chi connectivity index (χ0) is 28.0. The maximum atomic E-state index is 13.4. The summed E-state index contributed by atoms with van der Waals surface area (Å²) in [5.41, 5.74) is -1.68. The molecule has 0 aliphatic heterocycles. The monoisotopic (exact) mass is 568 g/mol. The Bertz CT molecular complexity index is 1170. The smallest absolute Gasteiger partial charge is 0.416 e. The van der Waals surface area contributed by atoms with Gasteiger partial charge in [0.15, 0.2) is 5.13 Å². The number of halogens is 4. The average molecular weight is 569 g/mol. The Morgan fingerprint density at radius 2 is 1.84 bits per heavy atom. The molecule has 1 atom stereocenters. The molecule has 0 fully saturated rings. The summed E-state index contributed by atoms with van der Waals surface area (Å²) in [6.45, 7) is 3.49. The number of rotatable bonds is 14. The highest BCUT2D eigenvalue weighted by Crippen LogP contribution is 2.32. The fourth-order valence-corrected chi connectivity index (χ4v) is 5.75. The minimum Gasteiger partial charge on any atom is -0.481 e. The third-order valence-corrected chi connectivity index (χ3v) is 8.50. The number of sulfonamides is 1. The molecule has 208 valence electrons. The highest BCUT2D eigenvalue weighted by molar-refractivity contribution is 7.89. The number of carboxylic acid groups (broad SMARTS) is 1. The van der Waals surface area contributed by atoms with Crippen LogP contribution in [0, 0.1) is 5.13 Å². The van der Waals surface area contributed by atoms with E-state index in [4.69, 9.17) is 5.11 Å². The first-order chi connectivity index (χ1) is 17.0. The number of aliphatic hydroxyl groups excluding tert-OH is 1. The third-order valence-electron chi connectivity index (χ3n) is 5.77. The lowest BCUT2D eigenvalue weighted by atomic mass is 9.96. The van der Waals surface area contributed by atoms with Crippen molar-refractivity contribution in [3.63, 3.8) is 0 Å². The number of aryl methyl sites for hydroxylation is 2. The second-order valence-electron chi connectivity index (χ2n) is 9.52. The summed E-state index contributed by atoms with van der Waals surface area (Å²) in [4.78, 5) is 11.1. The summed E-state index contributed by atoms with van der Waals surface area (Å²) in [6, 6.07) is 5.42. The van der Waals surface area contributed by atoms with Crippen molar-refractivity contribution in [1.29, 1.82) is 0 Å². The molecule has 13 heteroatoms. The number of carbonyl (C=O) groups is 1. The van der Waals surface area contributed by atoms with Crippen molar-refractivity contribution in [2.75, 3.05) is 20.1 Å². The zero-order valence-corrected chi connectivity index (χ0v) is 22.4. The SMILES string of the molecule is CN(CC(O)CNC(C)(C)CCCc1ccc(F)s1)S(=O)(=O)c1cc(CCC(=O)O)cc(C(F)(F)F)c1. The molecule has 7 nitrogen and oxygen atoms in total. The van der Waals surface area contributed by atoms with E-state index in [2.05, 4.69) is 5.32 Å². The molecular weight excluding hydrogens is 536 g/mol. The molecule has 0 amide bonds. The number of nitrogens with zero attached hydrogens (tertiary/aromatic N) is 1. The number of alkyl halides is 3. The number of aliphatic hydroxyl groups is 1. The minimum absolute atomic E-state index is 0.0347. The predicted molar refractivity (Wildman–Crippen MR) is 133 cm³/mol. The molecule has 0 aliphatic carbocycles. The van der Waals surface area contributed by atoms with Crippen molar-refractivity contribution >= 4 is 27.3 Å². The number of carboxylic acids is 1. The summed E-state index contributed by atoms with van der Waals surface area (Å²) < 4.78 is 79.9. The van der Waals surface area contributed by atoms with Crippen LogP contribution in [0.2, 0.25) is 0 Å². The van der Waals surface area contributed by atoms with Gasteiger partial charge in [-0.1, -0.05) is 0 Å². The van der Waals surface area contributed by atoms with Gasteiger partial charge < -0.3 is 15.5 Å². The Labute approximate surface area is 218 Å². The van der Waals surface area contributed by atoms with E-state index >= 15 is 0 Å². The fourth-order valence-electron chi connectivity index (χ4n) is 3.68. The van der Waals surface area contributed by atoms with Gasteiger partial charge in [0.25, 0.3) is 0 Å². The predicted octanol–water partition coefficient (Wildman–Crippen LogP) is 4.30. The molecule has 3 N–H and O–H groups in total. The van der Waals surface area contributed by atoms with Crippen LogP contribution in [0.15, 0.2) is 35.2 Å². The number of nitrogens with one attached hydrogen (secondary N) is 1. The van der Waals surface area contributed by atoms with E-state index < -0.39 is 50.7 Å². The Morgan fingerprint density at radius 1 is 1.16 bits per heavy atom. The summed E-state index contributed by atoms with van der Waals surface area (Å²) in [5.74, 6) is -1.22. The lowest BCUT2D eigenvalue weighted by Crippen LogP contribution is -2.46. The molecule has 1 aromatic carbocycles. The van der Waals surface area contributed by atoms with Gasteiger partial charge in [0.2, 0.25) is 10.0 Å².